The van der Waals surface area contributed by atoms with Gasteiger partial charge in [-0.05, 0) is 42.5 Å². The van der Waals surface area contributed by atoms with Crippen molar-refractivity contribution in [1.82, 2.24) is 14.5 Å². The van der Waals surface area contributed by atoms with Crippen LogP contribution in [0.15, 0.2) is 71.9 Å². The van der Waals surface area contributed by atoms with Crippen molar-refractivity contribution in [2.24, 2.45) is 0 Å². The number of benzene rings is 1. The van der Waals surface area contributed by atoms with Gasteiger partial charge in [0, 0.05) is 18.0 Å². The predicted octanol–water partition coefficient (Wildman–Crippen LogP) is 4.13. The summed E-state index contributed by atoms with van der Waals surface area (Å²) >= 11 is 0. The van der Waals surface area contributed by atoms with Gasteiger partial charge in [0.05, 0.1) is 28.7 Å². The average Bonchev–Trinajstić information content (AvgIpc) is 2.74. The lowest BCUT2D eigenvalue weighted by atomic mass is 9.98. The maximum Gasteiger partial charge on any atom is 0.263 e. The molecule has 1 aromatic carbocycles. The van der Waals surface area contributed by atoms with Gasteiger partial charge in [0.1, 0.15) is 29.7 Å². The van der Waals surface area contributed by atoms with E-state index in [1.165, 1.54) is 22.9 Å². The second-order valence-electron chi connectivity index (χ2n) is 6.51. The van der Waals surface area contributed by atoms with Crippen LogP contribution >= 0.6 is 0 Å². The molecule has 0 unspecified atom stereocenters. The van der Waals surface area contributed by atoms with Crippen LogP contribution in [0.25, 0.3) is 28.1 Å². The lowest BCUT2D eigenvalue weighted by molar-refractivity contribution is 0.292. The molecule has 5 rings (SSSR count). The number of pyridine rings is 3. The summed E-state index contributed by atoms with van der Waals surface area (Å²) in [5, 5.41) is 0. The van der Waals surface area contributed by atoms with E-state index in [1.54, 1.807) is 36.7 Å². The summed E-state index contributed by atoms with van der Waals surface area (Å²) in [5.41, 5.74) is 1.05. The van der Waals surface area contributed by atoms with Crippen LogP contribution < -0.4 is 10.3 Å². The van der Waals surface area contributed by atoms with E-state index in [0.29, 0.717) is 28.4 Å². The smallest absolute Gasteiger partial charge is 0.263 e. The zero-order valence-corrected chi connectivity index (χ0v) is 15.0. The van der Waals surface area contributed by atoms with E-state index in [0.717, 1.165) is 12.1 Å². The van der Waals surface area contributed by atoms with E-state index in [1.807, 2.05) is 0 Å². The summed E-state index contributed by atoms with van der Waals surface area (Å²) < 4.78 is 36.2. The Bertz CT molecular complexity index is 1280. The molecule has 0 saturated carbocycles. The summed E-state index contributed by atoms with van der Waals surface area (Å²) in [6.07, 6.45) is 4.69. The first kappa shape index (κ1) is 17.2. The van der Waals surface area contributed by atoms with E-state index in [2.05, 4.69) is 9.97 Å². The Morgan fingerprint density at radius 2 is 1.76 bits per heavy atom. The van der Waals surface area contributed by atoms with Crippen molar-refractivity contribution in [2.75, 3.05) is 0 Å². The van der Waals surface area contributed by atoms with Crippen molar-refractivity contribution < 1.29 is 13.5 Å². The van der Waals surface area contributed by atoms with Gasteiger partial charge in [-0.1, -0.05) is 6.07 Å². The standard InChI is InChI=1S/C22H13F2N3O2/c23-16-5-1-6-17(24)20(16)15-10-14-18(12-29-19-7-3-9-26-21(14)19)27(22(15)28)13-4-2-8-25-11-13/h1-11H,12H2. The summed E-state index contributed by atoms with van der Waals surface area (Å²) in [7, 11) is 0. The molecule has 5 nitrogen and oxygen atoms in total. The van der Waals surface area contributed by atoms with E-state index in [9.17, 15) is 13.6 Å². The van der Waals surface area contributed by atoms with E-state index >= 15 is 0 Å². The number of rotatable bonds is 2. The van der Waals surface area contributed by atoms with E-state index in [-0.39, 0.29) is 17.7 Å². The topological polar surface area (TPSA) is 57.0 Å². The predicted molar refractivity (Wildman–Crippen MR) is 103 cm³/mol. The maximum atomic E-state index is 14.5. The summed E-state index contributed by atoms with van der Waals surface area (Å²) in [5.74, 6) is -1.09. The third-order valence-corrected chi connectivity index (χ3v) is 4.83. The maximum absolute atomic E-state index is 14.5. The minimum atomic E-state index is -0.812. The number of fused-ring (bicyclic) bond motifs is 3. The highest BCUT2D eigenvalue weighted by molar-refractivity contribution is 5.77. The Labute approximate surface area is 163 Å². The van der Waals surface area contributed by atoms with Gasteiger partial charge in [-0.15, -0.1) is 0 Å². The third kappa shape index (κ3) is 2.70. The third-order valence-electron chi connectivity index (χ3n) is 4.83. The molecule has 0 atom stereocenters. The van der Waals surface area contributed by atoms with Gasteiger partial charge in [0.2, 0.25) is 0 Å². The van der Waals surface area contributed by atoms with Crippen LogP contribution in [0.3, 0.4) is 0 Å². The highest BCUT2D eigenvalue weighted by Crippen LogP contribution is 2.38. The van der Waals surface area contributed by atoms with E-state index < -0.39 is 17.2 Å². The highest BCUT2D eigenvalue weighted by Gasteiger charge is 2.27. The van der Waals surface area contributed by atoms with Gasteiger partial charge in [-0.25, -0.2) is 8.78 Å². The molecule has 0 saturated heterocycles. The van der Waals surface area contributed by atoms with Gasteiger partial charge in [-0.2, -0.15) is 0 Å². The molecule has 0 aliphatic carbocycles. The minimum Gasteiger partial charge on any atom is -0.485 e. The van der Waals surface area contributed by atoms with Crippen molar-refractivity contribution in [1.29, 1.82) is 0 Å². The molecular weight excluding hydrogens is 376 g/mol. The molecule has 4 aromatic rings. The Balaban J connectivity index is 1.91. The fourth-order valence-corrected chi connectivity index (χ4v) is 3.55. The molecule has 0 N–H and O–H groups in total. The lowest BCUT2D eigenvalue weighted by Crippen LogP contribution is -2.27. The summed E-state index contributed by atoms with van der Waals surface area (Å²) in [6, 6.07) is 11.9. The normalized spacial score (nSPS) is 12.1. The first-order valence-corrected chi connectivity index (χ1v) is 8.87. The molecule has 4 heterocycles. The van der Waals surface area contributed by atoms with E-state index in [4.69, 9.17) is 4.74 Å². The molecule has 0 bridgehead atoms. The fourth-order valence-electron chi connectivity index (χ4n) is 3.55. The molecule has 7 heteroatoms. The molecule has 1 aliphatic rings. The summed E-state index contributed by atoms with van der Waals surface area (Å²) in [6.45, 7) is 0.109. The van der Waals surface area contributed by atoms with Crippen LogP contribution in [0.2, 0.25) is 0 Å². The first-order chi connectivity index (χ1) is 14.1. The molecule has 0 radical (unpaired) electrons. The molecule has 0 amide bonds. The van der Waals surface area contributed by atoms with Crippen molar-refractivity contribution in [3.8, 4) is 33.8 Å². The Morgan fingerprint density at radius 3 is 2.52 bits per heavy atom. The van der Waals surface area contributed by atoms with Crippen LogP contribution in [-0.4, -0.2) is 14.5 Å². The second-order valence-corrected chi connectivity index (χ2v) is 6.51. The molecule has 29 heavy (non-hydrogen) atoms. The number of halogens is 2. The minimum absolute atomic E-state index is 0.0956. The van der Waals surface area contributed by atoms with Crippen LogP contribution in [0.1, 0.15) is 5.69 Å². The first-order valence-electron chi connectivity index (χ1n) is 8.87. The van der Waals surface area contributed by atoms with Gasteiger partial charge in [0.15, 0.2) is 0 Å². The summed E-state index contributed by atoms with van der Waals surface area (Å²) in [4.78, 5) is 21.8. The van der Waals surface area contributed by atoms with Crippen LogP contribution in [0, 0.1) is 11.6 Å². The number of ether oxygens (including phenoxy) is 1. The van der Waals surface area contributed by atoms with Crippen molar-refractivity contribution in [3.63, 3.8) is 0 Å². The van der Waals surface area contributed by atoms with Crippen molar-refractivity contribution in [2.45, 2.75) is 6.61 Å². The molecule has 1 aliphatic heterocycles. The Hall–Kier alpha value is -3.87. The Kier molecular flexibility index (Phi) is 3.94. The number of nitrogens with zero attached hydrogens (tertiary/aromatic N) is 3. The monoisotopic (exact) mass is 389 g/mol. The molecule has 0 fully saturated rings. The zero-order chi connectivity index (χ0) is 20.0. The number of hydrogen-bond acceptors (Lipinski definition) is 4. The number of aromatic nitrogens is 3. The van der Waals surface area contributed by atoms with Gasteiger partial charge >= 0.3 is 0 Å². The highest BCUT2D eigenvalue weighted by atomic mass is 19.1. The number of hydrogen-bond donors (Lipinski definition) is 0. The van der Waals surface area contributed by atoms with Gasteiger partial charge < -0.3 is 4.74 Å². The van der Waals surface area contributed by atoms with Crippen molar-refractivity contribution >= 4 is 0 Å². The van der Waals surface area contributed by atoms with Crippen LogP contribution in [0.4, 0.5) is 8.78 Å². The average molecular weight is 389 g/mol. The quantitative estimate of drug-likeness (QED) is 0.517. The SMILES string of the molecule is O=c1c(-c2c(F)cccc2F)cc2c(n1-c1cccnc1)COc1cccnc1-2. The molecule has 3 aromatic heterocycles. The Morgan fingerprint density at radius 1 is 0.966 bits per heavy atom. The van der Waals surface area contributed by atoms with Crippen molar-refractivity contribution in [3.05, 3.63) is 94.8 Å². The lowest BCUT2D eigenvalue weighted by Gasteiger charge is -2.24. The fraction of sp³-hybridized carbons (Fsp3) is 0.0455. The van der Waals surface area contributed by atoms with Crippen LogP contribution in [0.5, 0.6) is 5.75 Å². The molecule has 142 valence electrons. The van der Waals surface area contributed by atoms with Crippen LogP contribution in [-0.2, 0) is 6.61 Å². The molecule has 0 spiro atoms. The largest absolute Gasteiger partial charge is 0.485 e. The van der Waals surface area contributed by atoms with Gasteiger partial charge in [-0.3, -0.25) is 19.3 Å². The zero-order valence-electron chi connectivity index (χ0n) is 15.0. The second kappa shape index (κ2) is 6.63. The molecular formula is C22H13F2N3O2. The van der Waals surface area contributed by atoms with Gasteiger partial charge in [0.25, 0.3) is 5.56 Å².